The molecular formula is C21H29N3O4. The quantitative estimate of drug-likeness (QED) is 0.737. The average molecular weight is 387 g/mol. The normalized spacial score (nSPS) is 18.3. The van der Waals surface area contributed by atoms with Crippen molar-refractivity contribution in [2.24, 2.45) is 5.92 Å². The molecule has 1 unspecified atom stereocenters. The van der Waals surface area contributed by atoms with Crippen molar-refractivity contribution in [1.82, 2.24) is 15.5 Å². The lowest BCUT2D eigenvalue weighted by Crippen LogP contribution is -2.53. The third-order valence-electron chi connectivity index (χ3n) is 5.35. The number of carbonyl (C=O) groups excluding carboxylic acids is 3. The molecule has 0 aromatic heterocycles. The van der Waals surface area contributed by atoms with Crippen LogP contribution in [0.1, 0.15) is 38.2 Å². The molecule has 2 aliphatic rings. The van der Waals surface area contributed by atoms with Crippen LogP contribution in [0.5, 0.6) is 5.75 Å². The van der Waals surface area contributed by atoms with Gasteiger partial charge in [0.2, 0.25) is 17.7 Å². The van der Waals surface area contributed by atoms with Crippen LogP contribution in [0.15, 0.2) is 24.3 Å². The fourth-order valence-electron chi connectivity index (χ4n) is 3.62. The van der Waals surface area contributed by atoms with Gasteiger partial charge in [0.25, 0.3) is 0 Å². The van der Waals surface area contributed by atoms with Crippen molar-refractivity contribution in [2.45, 2.75) is 51.1 Å². The van der Waals surface area contributed by atoms with Crippen molar-refractivity contribution >= 4 is 17.7 Å². The summed E-state index contributed by atoms with van der Waals surface area (Å²) in [5, 5.41) is 5.80. The number of nitrogens with one attached hydrogen (secondary N) is 2. The van der Waals surface area contributed by atoms with Gasteiger partial charge in [-0.15, -0.1) is 0 Å². The molecule has 7 heteroatoms. The zero-order valence-electron chi connectivity index (χ0n) is 16.6. The molecule has 1 saturated carbocycles. The average Bonchev–Trinajstić information content (AvgIpc) is 3.52. The summed E-state index contributed by atoms with van der Waals surface area (Å²) in [5.74, 6) is 0.780. The van der Waals surface area contributed by atoms with Gasteiger partial charge in [0.05, 0.1) is 7.11 Å². The number of amides is 3. The van der Waals surface area contributed by atoms with E-state index in [1.807, 2.05) is 29.2 Å². The molecule has 1 atom stereocenters. The first-order chi connectivity index (χ1) is 13.5. The molecule has 0 spiro atoms. The van der Waals surface area contributed by atoms with Gasteiger partial charge in [-0.3, -0.25) is 14.4 Å². The summed E-state index contributed by atoms with van der Waals surface area (Å²) in [4.78, 5) is 38.5. The van der Waals surface area contributed by atoms with Gasteiger partial charge < -0.3 is 20.3 Å². The van der Waals surface area contributed by atoms with Crippen LogP contribution in [0, 0.1) is 5.92 Å². The Labute approximate surface area is 165 Å². The Morgan fingerprint density at radius 2 is 1.89 bits per heavy atom. The molecule has 1 aliphatic heterocycles. The lowest BCUT2D eigenvalue weighted by atomic mass is 10.0. The minimum absolute atomic E-state index is 0.0253. The number of benzene rings is 1. The van der Waals surface area contributed by atoms with Crippen LogP contribution < -0.4 is 15.4 Å². The topological polar surface area (TPSA) is 87.7 Å². The maximum absolute atomic E-state index is 12.8. The zero-order chi connectivity index (χ0) is 20.1. The van der Waals surface area contributed by atoms with Crippen molar-refractivity contribution in [3.8, 4) is 5.75 Å². The Balaban J connectivity index is 1.55. The molecule has 7 nitrogen and oxygen atoms in total. The van der Waals surface area contributed by atoms with Crippen LogP contribution in [0.25, 0.3) is 0 Å². The molecule has 3 amide bonds. The lowest BCUT2D eigenvalue weighted by Gasteiger charge is -2.33. The van der Waals surface area contributed by atoms with E-state index in [9.17, 15) is 14.4 Å². The maximum Gasteiger partial charge on any atom is 0.243 e. The standard InChI is InChI=1S/C21H29N3O4/c1-14(25)22-19(13-15-4-3-5-18(12-15)28-2)20(26)23-17-8-10-24(11-9-17)21(27)16-6-7-16/h3-5,12,16-17,19H,6-11,13H2,1-2H3,(H,22,25)(H,23,26). The highest BCUT2D eigenvalue weighted by atomic mass is 16.5. The van der Waals surface area contributed by atoms with Gasteiger partial charge in [0, 0.05) is 38.4 Å². The van der Waals surface area contributed by atoms with E-state index in [-0.39, 0.29) is 29.7 Å². The van der Waals surface area contributed by atoms with E-state index in [0.29, 0.717) is 25.3 Å². The molecule has 1 aromatic carbocycles. The number of carbonyl (C=O) groups is 3. The number of methoxy groups -OCH3 is 1. The van der Waals surface area contributed by atoms with E-state index in [0.717, 1.165) is 31.2 Å². The summed E-state index contributed by atoms with van der Waals surface area (Å²) < 4.78 is 5.23. The first-order valence-corrected chi connectivity index (χ1v) is 9.95. The number of hydrogen-bond acceptors (Lipinski definition) is 4. The van der Waals surface area contributed by atoms with E-state index in [1.54, 1.807) is 7.11 Å². The Bertz CT molecular complexity index is 724. The largest absolute Gasteiger partial charge is 0.497 e. The van der Waals surface area contributed by atoms with E-state index in [1.165, 1.54) is 6.92 Å². The van der Waals surface area contributed by atoms with Gasteiger partial charge in [0.1, 0.15) is 11.8 Å². The molecule has 3 rings (SSSR count). The second-order valence-corrected chi connectivity index (χ2v) is 7.69. The molecule has 0 radical (unpaired) electrons. The minimum atomic E-state index is -0.643. The van der Waals surface area contributed by atoms with Crippen molar-refractivity contribution in [3.63, 3.8) is 0 Å². The van der Waals surface area contributed by atoms with Gasteiger partial charge in [-0.2, -0.15) is 0 Å². The highest BCUT2D eigenvalue weighted by molar-refractivity contribution is 5.87. The zero-order valence-corrected chi connectivity index (χ0v) is 16.6. The first-order valence-electron chi connectivity index (χ1n) is 9.95. The number of ether oxygens (including phenoxy) is 1. The van der Waals surface area contributed by atoms with Crippen molar-refractivity contribution in [1.29, 1.82) is 0 Å². The molecule has 1 heterocycles. The van der Waals surface area contributed by atoms with Gasteiger partial charge >= 0.3 is 0 Å². The Morgan fingerprint density at radius 1 is 1.18 bits per heavy atom. The second-order valence-electron chi connectivity index (χ2n) is 7.69. The summed E-state index contributed by atoms with van der Waals surface area (Å²) in [6.45, 7) is 2.77. The van der Waals surface area contributed by atoms with Gasteiger partial charge in [-0.25, -0.2) is 0 Å². The molecular weight excluding hydrogens is 358 g/mol. The number of hydrogen-bond donors (Lipinski definition) is 2. The fraction of sp³-hybridized carbons (Fsp3) is 0.571. The lowest BCUT2D eigenvalue weighted by molar-refractivity contribution is -0.134. The predicted molar refractivity (Wildman–Crippen MR) is 105 cm³/mol. The van der Waals surface area contributed by atoms with E-state index in [4.69, 9.17) is 4.74 Å². The molecule has 2 fully saturated rings. The molecule has 28 heavy (non-hydrogen) atoms. The summed E-state index contributed by atoms with van der Waals surface area (Å²) in [7, 11) is 1.59. The summed E-state index contributed by atoms with van der Waals surface area (Å²) in [6.07, 6.45) is 3.91. The van der Waals surface area contributed by atoms with Crippen LogP contribution in [0.4, 0.5) is 0 Å². The summed E-state index contributed by atoms with van der Waals surface area (Å²) in [5.41, 5.74) is 0.915. The van der Waals surface area contributed by atoms with Crippen LogP contribution in [-0.4, -0.2) is 54.9 Å². The third kappa shape index (κ3) is 5.47. The smallest absolute Gasteiger partial charge is 0.243 e. The van der Waals surface area contributed by atoms with Crippen LogP contribution in [0.3, 0.4) is 0 Å². The first kappa shape index (κ1) is 20.2. The second kappa shape index (κ2) is 9.08. The predicted octanol–water partition coefficient (Wildman–Crippen LogP) is 1.26. The van der Waals surface area contributed by atoms with Crippen molar-refractivity contribution < 1.29 is 19.1 Å². The number of piperidine rings is 1. The Kier molecular flexibility index (Phi) is 6.54. The van der Waals surface area contributed by atoms with Gasteiger partial charge in [0.15, 0.2) is 0 Å². The third-order valence-corrected chi connectivity index (χ3v) is 5.35. The van der Waals surface area contributed by atoms with Crippen molar-refractivity contribution in [2.75, 3.05) is 20.2 Å². The number of likely N-dealkylation sites (tertiary alicyclic amines) is 1. The summed E-state index contributed by atoms with van der Waals surface area (Å²) >= 11 is 0. The van der Waals surface area contributed by atoms with Crippen LogP contribution >= 0.6 is 0 Å². The highest BCUT2D eigenvalue weighted by Crippen LogP contribution is 2.31. The SMILES string of the molecule is COc1cccc(CC(NC(C)=O)C(=O)NC2CCN(C(=O)C3CC3)CC2)c1. The number of rotatable bonds is 7. The highest BCUT2D eigenvalue weighted by Gasteiger charge is 2.35. The Hall–Kier alpha value is -2.57. The molecule has 1 aliphatic carbocycles. The van der Waals surface area contributed by atoms with Crippen molar-refractivity contribution in [3.05, 3.63) is 29.8 Å². The monoisotopic (exact) mass is 387 g/mol. The summed E-state index contributed by atoms with van der Waals surface area (Å²) in [6, 6.07) is 6.86. The minimum Gasteiger partial charge on any atom is -0.497 e. The molecule has 152 valence electrons. The van der Waals surface area contributed by atoms with E-state index < -0.39 is 6.04 Å². The molecule has 0 bridgehead atoms. The van der Waals surface area contributed by atoms with E-state index >= 15 is 0 Å². The fourth-order valence-corrected chi connectivity index (χ4v) is 3.62. The van der Waals surface area contributed by atoms with Crippen LogP contribution in [0.2, 0.25) is 0 Å². The maximum atomic E-state index is 12.8. The molecule has 2 N–H and O–H groups in total. The van der Waals surface area contributed by atoms with E-state index in [2.05, 4.69) is 10.6 Å². The van der Waals surface area contributed by atoms with Gasteiger partial charge in [-0.05, 0) is 43.4 Å². The van der Waals surface area contributed by atoms with Gasteiger partial charge in [-0.1, -0.05) is 12.1 Å². The molecule has 1 aromatic rings. The number of nitrogens with zero attached hydrogens (tertiary/aromatic N) is 1. The molecule has 1 saturated heterocycles. The van der Waals surface area contributed by atoms with Crippen LogP contribution in [-0.2, 0) is 20.8 Å². The Morgan fingerprint density at radius 3 is 2.50 bits per heavy atom.